The number of aryl methyl sites for hydroxylation is 3. The Kier molecular flexibility index (Phi) is 4.42. The zero-order chi connectivity index (χ0) is 18.8. The Morgan fingerprint density at radius 3 is 1.37 bits per heavy atom. The van der Waals surface area contributed by atoms with E-state index in [9.17, 15) is 0 Å². The van der Waals surface area contributed by atoms with Crippen LogP contribution in [0.5, 0.6) is 0 Å². The van der Waals surface area contributed by atoms with Crippen LogP contribution in [0.1, 0.15) is 16.7 Å². The van der Waals surface area contributed by atoms with Gasteiger partial charge in [-0.3, -0.25) is 9.97 Å². The molecule has 0 unspecified atom stereocenters. The monoisotopic (exact) mass is 353 g/mol. The molecule has 0 atom stereocenters. The summed E-state index contributed by atoms with van der Waals surface area (Å²) in [6.45, 7) is 6.06. The Hall–Kier alpha value is -3.47. The van der Waals surface area contributed by atoms with Gasteiger partial charge < -0.3 is 0 Å². The molecule has 0 radical (unpaired) electrons. The SMILES string of the molecule is Cc1ccc(-c2nc(-c3ccc(C)cn3)nc(-c3ccc(C)cn3)n2)cc1. The van der Waals surface area contributed by atoms with Crippen molar-refractivity contribution in [2.45, 2.75) is 20.8 Å². The number of rotatable bonds is 3. The first-order valence-electron chi connectivity index (χ1n) is 8.78. The number of nitrogens with zero attached hydrogens (tertiary/aromatic N) is 5. The largest absolute Gasteiger partial charge is 0.253 e. The standard InChI is InChI=1S/C22H19N5/c1-14-4-8-17(9-5-14)20-25-21(18-10-6-15(2)12-23-18)27-22(26-20)19-11-7-16(3)13-24-19/h4-13H,1-3H3. The number of aromatic nitrogens is 5. The zero-order valence-corrected chi connectivity index (χ0v) is 15.5. The maximum atomic E-state index is 4.66. The third kappa shape index (κ3) is 3.72. The third-order valence-corrected chi connectivity index (χ3v) is 4.23. The lowest BCUT2D eigenvalue weighted by molar-refractivity contribution is 1.04. The van der Waals surface area contributed by atoms with Crippen LogP contribution in [0.25, 0.3) is 34.4 Å². The van der Waals surface area contributed by atoms with Gasteiger partial charge in [-0.15, -0.1) is 0 Å². The van der Waals surface area contributed by atoms with Crippen LogP contribution in [0.15, 0.2) is 60.9 Å². The number of benzene rings is 1. The Morgan fingerprint density at radius 1 is 0.481 bits per heavy atom. The molecule has 0 fully saturated rings. The van der Waals surface area contributed by atoms with Crippen LogP contribution in [0, 0.1) is 20.8 Å². The highest BCUT2D eigenvalue weighted by Gasteiger charge is 2.13. The summed E-state index contributed by atoms with van der Waals surface area (Å²) in [5.74, 6) is 1.69. The predicted octanol–water partition coefficient (Wildman–Crippen LogP) is 4.59. The first kappa shape index (κ1) is 17.0. The highest BCUT2D eigenvalue weighted by atomic mass is 15.1. The summed E-state index contributed by atoms with van der Waals surface area (Å²) in [6, 6.07) is 16.0. The van der Waals surface area contributed by atoms with Gasteiger partial charge in [-0.25, -0.2) is 15.0 Å². The first-order chi connectivity index (χ1) is 13.1. The minimum absolute atomic E-state index is 0.540. The second kappa shape index (κ2) is 7.03. The van der Waals surface area contributed by atoms with Gasteiger partial charge in [0.1, 0.15) is 11.4 Å². The maximum absolute atomic E-state index is 4.66. The van der Waals surface area contributed by atoms with Crippen LogP contribution in [0.3, 0.4) is 0 Å². The minimum Gasteiger partial charge on any atom is -0.253 e. The molecule has 27 heavy (non-hydrogen) atoms. The quantitative estimate of drug-likeness (QED) is 0.539. The Balaban J connectivity index is 1.89. The molecule has 0 saturated carbocycles. The number of hydrogen-bond acceptors (Lipinski definition) is 5. The van der Waals surface area contributed by atoms with Gasteiger partial charge in [0, 0.05) is 18.0 Å². The van der Waals surface area contributed by atoms with Crippen molar-refractivity contribution in [2.24, 2.45) is 0 Å². The van der Waals surface area contributed by atoms with Crippen LogP contribution in [0.2, 0.25) is 0 Å². The van der Waals surface area contributed by atoms with Crippen LogP contribution in [-0.4, -0.2) is 24.9 Å². The van der Waals surface area contributed by atoms with Gasteiger partial charge in [0.05, 0.1) is 0 Å². The Labute approximate surface area is 158 Å². The van der Waals surface area contributed by atoms with Gasteiger partial charge in [-0.1, -0.05) is 42.0 Å². The van der Waals surface area contributed by atoms with E-state index in [1.165, 1.54) is 5.56 Å². The van der Waals surface area contributed by atoms with Crippen molar-refractivity contribution in [2.75, 3.05) is 0 Å². The molecule has 5 heteroatoms. The highest BCUT2D eigenvalue weighted by molar-refractivity contribution is 5.63. The number of pyridine rings is 2. The molecule has 4 rings (SSSR count). The summed E-state index contributed by atoms with van der Waals surface area (Å²) in [5, 5.41) is 0. The molecule has 0 bridgehead atoms. The van der Waals surface area contributed by atoms with Gasteiger partial charge in [0.2, 0.25) is 0 Å². The van der Waals surface area contributed by atoms with Crippen LogP contribution in [-0.2, 0) is 0 Å². The molecule has 0 N–H and O–H groups in total. The summed E-state index contributed by atoms with van der Waals surface area (Å²) < 4.78 is 0. The van der Waals surface area contributed by atoms with Crippen LogP contribution in [0.4, 0.5) is 0 Å². The molecule has 3 heterocycles. The topological polar surface area (TPSA) is 64.5 Å². The first-order valence-corrected chi connectivity index (χ1v) is 8.78. The molecule has 1 aromatic carbocycles. The summed E-state index contributed by atoms with van der Waals surface area (Å²) in [7, 11) is 0. The lowest BCUT2D eigenvalue weighted by atomic mass is 10.1. The fraction of sp³-hybridized carbons (Fsp3) is 0.136. The molecule has 5 nitrogen and oxygen atoms in total. The molecule has 132 valence electrons. The summed E-state index contributed by atoms with van der Waals surface area (Å²) in [5.41, 5.74) is 5.73. The molecular formula is C22H19N5. The maximum Gasteiger partial charge on any atom is 0.182 e. The van der Waals surface area contributed by atoms with Crippen molar-refractivity contribution in [1.82, 2.24) is 24.9 Å². The van der Waals surface area contributed by atoms with E-state index in [-0.39, 0.29) is 0 Å². The Bertz CT molecular complexity index is 915. The molecule has 0 saturated heterocycles. The summed E-state index contributed by atoms with van der Waals surface area (Å²) in [4.78, 5) is 22.9. The third-order valence-electron chi connectivity index (χ3n) is 4.23. The van der Waals surface area contributed by atoms with E-state index in [4.69, 9.17) is 0 Å². The van der Waals surface area contributed by atoms with Gasteiger partial charge in [-0.05, 0) is 44.0 Å². The van der Waals surface area contributed by atoms with Crippen molar-refractivity contribution in [3.63, 3.8) is 0 Å². The van der Waals surface area contributed by atoms with E-state index < -0.39 is 0 Å². The Morgan fingerprint density at radius 2 is 0.926 bits per heavy atom. The van der Waals surface area contributed by atoms with Crippen molar-refractivity contribution >= 4 is 0 Å². The van der Waals surface area contributed by atoms with Crippen molar-refractivity contribution in [3.05, 3.63) is 77.6 Å². The average Bonchev–Trinajstić information content (AvgIpc) is 2.69. The van der Waals surface area contributed by atoms with E-state index >= 15 is 0 Å². The second-order valence-corrected chi connectivity index (χ2v) is 6.61. The molecule has 0 aliphatic carbocycles. The second-order valence-electron chi connectivity index (χ2n) is 6.61. The number of hydrogen-bond donors (Lipinski definition) is 0. The normalized spacial score (nSPS) is 10.8. The van der Waals surface area contributed by atoms with Crippen molar-refractivity contribution in [1.29, 1.82) is 0 Å². The molecule has 3 aromatic heterocycles. The van der Waals surface area contributed by atoms with Gasteiger partial charge in [-0.2, -0.15) is 0 Å². The predicted molar refractivity (Wildman–Crippen MR) is 106 cm³/mol. The minimum atomic E-state index is 0.540. The van der Waals surface area contributed by atoms with Crippen molar-refractivity contribution in [3.8, 4) is 34.4 Å². The lowest BCUT2D eigenvalue weighted by Crippen LogP contribution is -2.02. The van der Waals surface area contributed by atoms with E-state index in [2.05, 4.69) is 31.8 Å². The smallest absolute Gasteiger partial charge is 0.182 e. The zero-order valence-electron chi connectivity index (χ0n) is 15.5. The summed E-state index contributed by atoms with van der Waals surface area (Å²) >= 11 is 0. The van der Waals surface area contributed by atoms with E-state index in [0.29, 0.717) is 28.9 Å². The highest BCUT2D eigenvalue weighted by Crippen LogP contribution is 2.23. The van der Waals surface area contributed by atoms with Gasteiger partial charge in [0.15, 0.2) is 17.5 Å². The summed E-state index contributed by atoms with van der Waals surface area (Å²) in [6.07, 6.45) is 3.63. The molecule has 4 aromatic rings. The van der Waals surface area contributed by atoms with E-state index in [1.54, 1.807) is 0 Å². The molecule has 0 spiro atoms. The van der Waals surface area contributed by atoms with E-state index in [0.717, 1.165) is 16.7 Å². The van der Waals surface area contributed by atoms with E-state index in [1.807, 2.05) is 74.8 Å². The van der Waals surface area contributed by atoms with Crippen molar-refractivity contribution < 1.29 is 0 Å². The fourth-order valence-electron chi connectivity index (χ4n) is 2.64. The lowest BCUT2D eigenvalue weighted by Gasteiger charge is -2.08. The van der Waals surface area contributed by atoms with Gasteiger partial charge >= 0.3 is 0 Å². The molecular weight excluding hydrogens is 334 g/mol. The average molecular weight is 353 g/mol. The molecule has 0 aliphatic rings. The fourth-order valence-corrected chi connectivity index (χ4v) is 2.64. The van der Waals surface area contributed by atoms with Crippen LogP contribution < -0.4 is 0 Å². The molecule has 0 aliphatic heterocycles. The van der Waals surface area contributed by atoms with Crippen LogP contribution >= 0.6 is 0 Å². The van der Waals surface area contributed by atoms with Gasteiger partial charge in [0.25, 0.3) is 0 Å². The molecule has 0 amide bonds.